The van der Waals surface area contributed by atoms with Crippen LogP contribution in [0.15, 0.2) is 54.2 Å². The largest absolute Gasteiger partial charge is 0.494 e. The second-order valence-electron chi connectivity index (χ2n) is 6.17. The first-order chi connectivity index (χ1) is 13.9. The number of benzene rings is 2. The van der Waals surface area contributed by atoms with E-state index >= 15 is 0 Å². The van der Waals surface area contributed by atoms with Gasteiger partial charge in [-0.2, -0.15) is 0 Å². The molecule has 0 atom stereocenters. The quantitative estimate of drug-likeness (QED) is 0.292. The fourth-order valence-corrected chi connectivity index (χ4v) is 2.38. The number of rotatable bonds is 9. The molecule has 8 heteroatoms. The van der Waals surface area contributed by atoms with Crippen LogP contribution in [0.4, 0.5) is 5.69 Å². The summed E-state index contributed by atoms with van der Waals surface area (Å²) in [4.78, 5) is 34.9. The van der Waals surface area contributed by atoms with E-state index in [0.29, 0.717) is 23.5 Å². The van der Waals surface area contributed by atoms with Crippen molar-refractivity contribution in [2.75, 3.05) is 13.7 Å². The third-order valence-electron chi connectivity index (χ3n) is 4.02. The number of nitrogens with one attached hydrogen (secondary N) is 2. The number of nitro benzene ring substituents is 1. The summed E-state index contributed by atoms with van der Waals surface area (Å²) in [6.45, 7) is 2.69. The third-order valence-corrected chi connectivity index (χ3v) is 4.02. The average molecular weight is 397 g/mol. The number of hydrogen-bond acceptors (Lipinski definition) is 5. The maximum atomic E-state index is 12.5. The van der Waals surface area contributed by atoms with Crippen LogP contribution in [0.1, 0.15) is 35.7 Å². The van der Waals surface area contributed by atoms with Crippen molar-refractivity contribution in [3.05, 3.63) is 75.5 Å². The Morgan fingerprint density at radius 1 is 1.10 bits per heavy atom. The second kappa shape index (κ2) is 10.6. The minimum atomic E-state index is -0.509. The van der Waals surface area contributed by atoms with E-state index in [1.165, 1.54) is 37.4 Å². The van der Waals surface area contributed by atoms with Crippen LogP contribution in [0.3, 0.4) is 0 Å². The molecule has 2 amide bonds. The van der Waals surface area contributed by atoms with Crippen LogP contribution in [0.25, 0.3) is 6.08 Å². The fraction of sp³-hybridized carbons (Fsp3) is 0.238. The topological polar surface area (TPSA) is 111 Å². The van der Waals surface area contributed by atoms with E-state index in [9.17, 15) is 19.7 Å². The van der Waals surface area contributed by atoms with Crippen molar-refractivity contribution in [1.82, 2.24) is 10.6 Å². The number of non-ortho nitro benzene ring substituents is 1. The van der Waals surface area contributed by atoms with Gasteiger partial charge in [-0.25, -0.2) is 0 Å². The maximum Gasteiger partial charge on any atom is 0.269 e. The van der Waals surface area contributed by atoms with Gasteiger partial charge in [-0.15, -0.1) is 0 Å². The highest BCUT2D eigenvalue weighted by Crippen LogP contribution is 2.15. The summed E-state index contributed by atoms with van der Waals surface area (Å²) in [6.07, 6.45) is 3.43. The lowest BCUT2D eigenvalue weighted by atomic mass is 10.1. The Kier molecular flexibility index (Phi) is 7.90. The van der Waals surface area contributed by atoms with Crippen molar-refractivity contribution in [2.24, 2.45) is 0 Å². The van der Waals surface area contributed by atoms with E-state index in [4.69, 9.17) is 4.74 Å². The van der Waals surface area contributed by atoms with Crippen molar-refractivity contribution < 1.29 is 19.2 Å². The summed E-state index contributed by atoms with van der Waals surface area (Å²) in [5.74, 6) is -0.277. The number of unbranched alkanes of at least 4 members (excludes halogenated alkanes) is 1. The first-order valence-electron chi connectivity index (χ1n) is 9.17. The zero-order valence-corrected chi connectivity index (χ0v) is 16.3. The Bertz CT molecular complexity index is 890. The van der Waals surface area contributed by atoms with Gasteiger partial charge in [0.25, 0.3) is 17.5 Å². The average Bonchev–Trinajstić information content (AvgIpc) is 2.73. The van der Waals surface area contributed by atoms with Crippen LogP contribution >= 0.6 is 0 Å². The molecular weight excluding hydrogens is 374 g/mol. The molecule has 0 fully saturated rings. The zero-order valence-electron chi connectivity index (χ0n) is 16.3. The molecule has 0 aromatic heterocycles. The normalized spacial score (nSPS) is 10.9. The van der Waals surface area contributed by atoms with E-state index in [2.05, 4.69) is 17.6 Å². The van der Waals surface area contributed by atoms with Gasteiger partial charge in [0.05, 0.1) is 11.5 Å². The molecule has 0 aliphatic carbocycles. The molecule has 2 aromatic carbocycles. The molecule has 0 aliphatic heterocycles. The van der Waals surface area contributed by atoms with Gasteiger partial charge in [-0.1, -0.05) is 13.3 Å². The van der Waals surface area contributed by atoms with Gasteiger partial charge in [-0.3, -0.25) is 19.7 Å². The predicted molar refractivity (Wildman–Crippen MR) is 109 cm³/mol. The monoisotopic (exact) mass is 397 g/mol. The Hall–Kier alpha value is -3.68. The Labute approximate surface area is 168 Å². The van der Waals surface area contributed by atoms with Crippen molar-refractivity contribution in [3.63, 3.8) is 0 Å². The van der Waals surface area contributed by atoms with Crippen LogP contribution in [0.2, 0.25) is 0 Å². The van der Waals surface area contributed by atoms with Gasteiger partial charge >= 0.3 is 0 Å². The van der Waals surface area contributed by atoms with Crippen molar-refractivity contribution in [2.45, 2.75) is 19.8 Å². The Morgan fingerprint density at radius 3 is 2.31 bits per heavy atom. The van der Waals surface area contributed by atoms with E-state index in [1.54, 1.807) is 24.3 Å². The summed E-state index contributed by atoms with van der Waals surface area (Å²) >= 11 is 0. The summed E-state index contributed by atoms with van der Waals surface area (Å²) in [5.41, 5.74) is 0.865. The summed E-state index contributed by atoms with van der Waals surface area (Å²) in [5, 5.41) is 15.8. The lowest BCUT2D eigenvalue weighted by molar-refractivity contribution is -0.384. The van der Waals surface area contributed by atoms with Crippen molar-refractivity contribution >= 4 is 23.6 Å². The maximum absolute atomic E-state index is 12.5. The third kappa shape index (κ3) is 6.46. The van der Waals surface area contributed by atoms with Crippen molar-refractivity contribution in [1.29, 1.82) is 0 Å². The molecular formula is C21H23N3O5. The highest BCUT2D eigenvalue weighted by atomic mass is 16.6. The lowest BCUT2D eigenvalue weighted by Gasteiger charge is -2.10. The minimum Gasteiger partial charge on any atom is -0.494 e. The van der Waals surface area contributed by atoms with Crippen LogP contribution < -0.4 is 15.4 Å². The van der Waals surface area contributed by atoms with Gasteiger partial charge < -0.3 is 15.4 Å². The SMILES string of the molecule is CCCCOc1ccc(C(=O)N/C(=C/c2ccc([N+](=O)[O-])cc2)C(=O)NC)cc1. The zero-order chi connectivity index (χ0) is 21.2. The Balaban J connectivity index is 2.14. The second-order valence-corrected chi connectivity index (χ2v) is 6.17. The predicted octanol–water partition coefficient (Wildman–Crippen LogP) is 3.29. The molecule has 0 aliphatic rings. The first kappa shape index (κ1) is 21.6. The molecule has 0 saturated heterocycles. The molecule has 0 bridgehead atoms. The van der Waals surface area contributed by atoms with Gasteiger partial charge in [0.2, 0.25) is 0 Å². The van der Waals surface area contributed by atoms with Crippen molar-refractivity contribution in [3.8, 4) is 5.75 Å². The molecule has 2 rings (SSSR count). The van der Waals surface area contributed by atoms with E-state index in [0.717, 1.165) is 12.8 Å². The number of ether oxygens (including phenoxy) is 1. The lowest BCUT2D eigenvalue weighted by Crippen LogP contribution is -2.33. The van der Waals surface area contributed by atoms with Gasteiger partial charge in [0, 0.05) is 24.7 Å². The van der Waals surface area contributed by atoms with Crippen LogP contribution in [0, 0.1) is 10.1 Å². The van der Waals surface area contributed by atoms with Crippen LogP contribution in [-0.2, 0) is 4.79 Å². The highest BCUT2D eigenvalue weighted by Gasteiger charge is 2.14. The summed E-state index contributed by atoms with van der Waals surface area (Å²) < 4.78 is 5.57. The number of amides is 2. The summed E-state index contributed by atoms with van der Waals surface area (Å²) in [6, 6.07) is 12.3. The molecule has 0 unspecified atom stereocenters. The van der Waals surface area contributed by atoms with E-state index in [-0.39, 0.29) is 11.4 Å². The molecule has 0 saturated carbocycles. The molecule has 2 N–H and O–H groups in total. The van der Waals surface area contributed by atoms with Gasteiger partial charge in [0.15, 0.2) is 0 Å². The van der Waals surface area contributed by atoms with Crippen LogP contribution in [0.5, 0.6) is 5.75 Å². The van der Waals surface area contributed by atoms with E-state index in [1.807, 2.05) is 0 Å². The Morgan fingerprint density at radius 2 is 1.76 bits per heavy atom. The van der Waals surface area contributed by atoms with Gasteiger partial charge in [0.1, 0.15) is 11.4 Å². The standard InChI is InChI=1S/C21H23N3O5/c1-3-4-13-29-18-11-7-16(8-12-18)20(25)23-19(21(26)22-2)14-15-5-9-17(10-6-15)24(27)28/h5-12,14H,3-4,13H2,1-2H3,(H,22,26)(H,23,25)/b19-14+. The molecule has 0 radical (unpaired) electrons. The van der Waals surface area contributed by atoms with E-state index < -0.39 is 16.7 Å². The summed E-state index contributed by atoms with van der Waals surface area (Å²) in [7, 11) is 1.45. The van der Waals surface area contributed by atoms with Crippen LogP contribution in [-0.4, -0.2) is 30.4 Å². The molecule has 0 heterocycles. The molecule has 2 aromatic rings. The fourth-order valence-electron chi connectivity index (χ4n) is 2.38. The number of likely N-dealkylation sites (N-methyl/N-ethyl adjacent to an activating group) is 1. The van der Waals surface area contributed by atoms with Gasteiger partial charge in [-0.05, 0) is 54.5 Å². The number of hydrogen-bond donors (Lipinski definition) is 2. The molecule has 0 spiro atoms. The number of nitro groups is 1. The number of carbonyl (C=O) groups excluding carboxylic acids is 2. The minimum absolute atomic E-state index is 0.0228. The smallest absolute Gasteiger partial charge is 0.269 e. The number of nitrogens with zero attached hydrogens (tertiary/aromatic N) is 1. The molecule has 152 valence electrons. The number of carbonyl (C=O) groups is 2. The molecule has 29 heavy (non-hydrogen) atoms. The highest BCUT2D eigenvalue weighted by molar-refractivity contribution is 6.05. The molecule has 8 nitrogen and oxygen atoms in total. The first-order valence-corrected chi connectivity index (χ1v) is 9.17.